The maximum Gasteiger partial charge on any atom is 0.150 e. The van der Waals surface area contributed by atoms with Crippen LogP contribution in [0.1, 0.15) is 17.1 Å². The molecule has 0 unspecified atom stereocenters. The van der Waals surface area contributed by atoms with E-state index in [1.54, 1.807) is 0 Å². The molecule has 0 amide bonds. The van der Waals surface area contributed by atoms with Crippen LogP contribution < -0.4 is 0 Å². The fourth-order valence-electron chi connectivity index (χ4n) is 2.34. The van der Waals surface area contributed by atoms with Crippen molar-refractivity contribution in [3.05, 3.63) is 47.5 Å². The summed E-state index contributed by atoms with van der Waals surface area (Å²) in [4.78, 5) is 2.22. The van der Waals surface area contributed by atoms with Crippen LogP contribution in [0, 0.1) is 6.92 Å². The fourth-order valence-corrected chi connectivity index (χ4v) is 2.34. The number of para-hydroxylation sites is 1. The van der Waals surface area contributed by atoms with Gasteiger partial charge in [-0.05, 0) is 20.0 Å². The van der Waals surface area contributed by atoms with E-state index < -0.39 is 0 Å². The SMILES string of the molecule is Cc1cc(CN(C)CCc2[nH]nc3ccccc23)on1. The van der Waals surface area contributed by atoms with Crippen LogP contribution in [0.5, 0.6) is 0 Å². The van der Waals surface area contributed by atoms with E-state index in [4.69, 9.17) is 4.52 Å². The largest absolute Gasteiger partial charge is 0.360 e. The molecule has 0 saturated heterocycles. The number of aromatic nitrogens is 3. The minimum atomic E-state index is 0.771. The number of likely N-dealkylation sites (N-methyl/N-ethyl adjacent to an activating group) is 1. The Morgan fingerprint density at radius 1 is 1.30 bits per heavy atom. The number of nitrogens with zero attached hydrogens (tertiary/aromatic N) is 3. The van der Waals surface area contributed by atoms with Gasteiger partial charge in [-0.3, -0.25) is 10.00 Å². The van der Waals surface area contributed by atoms with Crippen molar-refractivity contribution in [1.82, 2.24) is 20.3 Å². The number of aromatic amines is 1. The van der Waals surface area contributed by atoms with Gasteiger partial charge in [0.25, 0.3) is 0 Å². The lowest BCUT2D eigenvalue weighted by molar-refractivity contribution is 0.274. The smallest absolute Gasteiger partial charge is 0.150 e. The van der Waals surface area contributed by atoms with Gasteiger partial charge in [-0.25, -0.2) is 0 Å². The number of benzene rings is 1. The zero-order chi connectivity index (χ0) is 13.9. The quantitative estimate of drug-likeness (QED) is 0.774. The van der Waals surface area contributed by atoms with Crippen molar-refractivity contribution >= 4 is 10.9 Å². The molecule has 0 fully saturated rings. The first kappa shape index (κ1) is 12.9. The maximum absolute atomic E-state index is 5.23. The molecule has 0 aliphatic carbocycles. The van der Waals surface area contributed by atoms with E-state index in [1.165, 1.54) is 11.1 Å². The van der Waals surface area contributed by atoms with E-state index in [0.29, 0.717) is 0 Å². The number of H-pyrrole nitrogens is 1. The van der Waals surface area contributed by atoms with Crippen molar-refractivity contribution < 1.29 is 4.52 Å². The molecule has 0 saturated carbocycles. The summed E-state index contributed by atoms with van der Waals surface area (Å²) >= 11 is 0. The van der Waals surface area contributed by atoms with Gasteiger partial charge in [-0.2, -0.15) is 5.10 Å². The first-order valence-corrected chi connectivity index (χ1v) is 6.75. The average molecular weight is 270 g/mol. The average Bonchev–Trinajstić information content (AvgIpc) is 3.03. The van der Waals surface area contributed by atoms with Gasteiger partial charge in [-0.1, -0.05) is 23.4 Å². The summed E-state index contributed by atoms with van der Waals surface area (Å²) in [5.74, 6) is 0.902. The molecule has 1 N–H and O–H groups in total. The predicted octanol–water partition coefficient (Wildman–Crippen LogP) is 2.53. The van der Waals surface area contributed by atoms with Crippen molar-refractivity contribution in [3.8, 4) is 0 Å². The van der Waals surface area contributed by atoms with Crippen LogP contribution >= 0.6 is 0 Å². The Hall–Kier alpha value is -2.14. The molecule has 2 heterocycles. The predicted molar refractivity (Wildman–Crippen MR) is 77.4 cm³/mol. The van der Waals surface area contributed by atoms with Gasteiger partial charge in [0.2, 0.25) is 0 Å². The van der Waals surface area contributed by atoms with Gasteiger partial charge < -0.3 is 4.52 Å². The molecule has 0 atom stereocenters. The van der Waals surface area contributed by atoms with Crippen molar-refractivity contribution in [2.45, 2.75) is 19.9 Å². The van der Waals surface area contributed by atoms with E-state index >= 15 is 0 Å². The number of rotatable bonds is 5. The van der Waals surface area contributed by atoms with Crippen LogP contribution in [-0.4, -0.2) is 33.8 Å². The highest BCUT2D eigenvalue weighted by molar-refractivity contribution is 5.81. The molecule has 2 aromatic heterocycles. The Balaban J connectivity index is 1.61. The molecule has 104 valence electrons. The van der Waals surface area contributed by atoms with Crippen molar-refractivity contribution in [3.63, 3.8) is 0 Å². The monoisotopic (exact) mass is 270 g/mol. The van der Waals surface area contributed by atoms with Gasteiger partial charge in [0, 0.05) is 30.1 Å². The molecule has 1 aromatic carbocycles. The number of nitrogens with one attached hydrogen (secondary N) is 1. The van der Waals surface area contributed by atoms with Gasteiger partial charge in [0.1, 0.15) is 0 Å². The number of fused-ring (bicyclic) bond motifs is 1. The third kappa shape index (κ3) is 2.72. The Kier molecular flexibility index (Phi) is 3.52. The summed E-state index contributed by atoms with van der Waals surface area (Å²) in [7, 11) is 2.08. The lowest BCUT2D eigenvalue weighted by Gasteiger charge is -2.13. The van der Waals surface area contributed by atoms with Crippen molar-refractivity contribution in [1.29, 1.82) is 0 Å². The van der Waals surface area contributed by atoms with Crippen LogP contribution in [0.15, 0.2) is 34.9 Å². The normalized spacial score (nSPS) is 11.6. The first-order chi connectivity index (χ1) is 9.72. The third-order valence-electron chi connectivity index (χ3n) is 3.39. The maximum atomic E-state index is 5.23. The molecule has 0 aliphatic heterocycles. The van der Waals surface area contributed by atoms with E-state index in [0.717, 1.165) is 36.5 Å². The minimum Gasteiger partial charge on any atom is -0.360 e. The lowest BCUT2D eigenvalue weighted by atomic mass is 10.1. The molecule has 5 heteroatoms. The van der Waals surface area contributed by atoms with Gasteiger partial charge in [-0.15, -0.1) is 0 Å². The molecule has 0 radical (unpaired) electrons. The molecule has 0 bridgehead atoms. The summed E-state index contributed by atoms with van der Waals surface area (Å²) in [5, 5.41) is 12.5. The van der Waals surface area contributed by atoms with Crippen LogP contribution in [0.3, 0.4) is 0 Å². The molecular weight excluding hydrogens is 252 g/mol. The second-order valence-electron chi connectivity index (χ2n) is 5.14. The van der Waals surface area contributed by atoms with Crippen LogP contribution in [0.25, 0.3) is 10.9 Å². The summed E-state index contributed by atoms with van der Waals surface area (Å²) in [6.45, 7) is 3.64. The molecule has 3 rings (SSSR count). The summed E-state index contributed by atoms with van der Waals surface area (Å²) < 4.78 is 5.23. The highest BCUT2D eigenvalue weighted by Crippen LogP contribution is 2.16. The Bertz CT molecular complexity index is 701. The fraction of sp³-hybridized carbons (Fsp3) is 0.333. The van der Waals surface area contributed by atoms with Gasteiger partial charge in [0.15, 0.2) is 5.76 Å². The first-order valence-electron chi connectivity index (χ1n) is 6.75. The van der Waals surface area contributed by atoms with E-state index in [9.17, 15) is 0 Å². The Morgan fingerprint density at radius 2 is 2.15 bits per heavy atom. The van der Waals surface area contributed by atoms with E-state index in [-0.39, 0.29) is 0 Å². The third-order valence-corrected chi connectivity index (χ3v) is 3.39. The number of hydrogen-bond donors (Lipinski definition) is 1. The van der Waals surface area contributed by atoms with E-state index in [2.05, 4.69) is 33.4 Å². The summed E-state index contributed by atoms with van der Waals surface area (Å²) in [6, 6.07) is 10.2. The minimum absolute atomic E-state index is 0.771. The molecule has 20 heavy (non-hydrogen) atoms. The second kappa shape index (κ2) is 5.46. The number of aryl methyl sites for hydroxylation is 1. The van der Waals surface area contributed by atoms with Gasteiger partial charge >= 0.3 is 0 Å². The molecule has 3 aromatic rings. The van der Waals surface area contributed by atoms with Crippen molar-refractivity contribution in [2.75, 3.05) is 13.6 Å². The molecular formula is C15H18N4O. The summed E-state index contributed by atoms with van der Waals surface area (Å²) in [6.07, 6.45) is 0.935. The number of hydrogen-bond acceptors (Lipinski definition) is 4. The Morgan fingerprint density at radius 3 is 2.95 bits per heavy atom. The highest BCUT2D eigenvalue weighted by Gasteiger charge is 2.08. The standard InChI is InChI=1S/C15H18N4O/c1-11-9-12(20-18-11)10-19(2)8-7-15-13-5-3-4-6-14(13)16-17-15/h3-6,9H,7-8,10H2,1-2H3,(H,16,17). The molecule has 0 aliphatic rings. The van der Waals surface area contributed by atoms with Crippen LogP contribution in [0.4, 0.5) is 0 Å². The van der Waals surface area contributed by atoms with Crippen LogP contribution in [0.2, 0.25) is 0 Å². The second-order valence-corrected chi connectivity index (χ2v) is 5.14. The molecule has 0 spiro atoms. The topological polar surface area (TPSA) is 58.0 Å². The van der Waals surface area contributed by atoms with E-state index in [1.807, 2.05) is 31.2 Å². The zero-order valence-electron chi connectivity index (χ0n) is 11.8. The highest BCUT2D eigenvalue weighted by atomic mass is 16.5. The van der Waals surface area contributed by atoms with Gasteiger partial charge in [0.05, 0.1) is 17.8 Å². The Labute approximate surface area is 117 Å². The van der Waals surface area contributed by atoms with Crippen molar-refractivity contribution in [2.24, 2.45) is 0 Å². The zero-order valence-corrected chi connectivity index (χ0v) is 11.8. The molecule has 5 nitrogen and oxygen atoms in total. The lowest BCUT2D eigenvalue weighted by Crippen LogP contribution is -2.20. The summed E-state index contributed by atoms with van der Waals surface area (Å²) in [5.41, 5.74) is 3.13. The van der Waals surface area contributed by atoms with Crippen LogP contribution in [-0.2, 0) is 13.0 Å².